The lowest BCUT2D eigenvalue weighted by atomic mass is 10.3. The van der Waals surface area contributed by atoms with E-state index in [1.807, 2.05) is 0 Å². The predicted molar refractivity (Wildman–Crippen MR) is 76.4 cm³/mol. The molecule has 2 rings (SSSR count). The Morgan fingerprint density at radius 1 is 1.10 bits per heavy atom. The molecule has 20 heavy (non-hydrogen) atoms. The molecule has 0 saturated carbocycles. The van der Waals surface area contributed by atoms with Crippen molar-refractivity contribution in [3.05, 3.63) is 46.7 Å². The highest BCUT2D eigenvalue weighted by Gasteiger charge is 2.17. The largest absolute Gasteiger partial charge is 0.455 e. The zero-order valence-electron chi connectivity index (χ0n) is 10.0. The molecule has 0 aromatic heterocycles. The van der Waals surface area contributed by atoms with Crippen molar-refractivity contribution in [2.24, 2.45) is 5.14 Å². The van der Waals surface area contributed by atoms with E-state index >= 15 is 0 Å². The summed E-state index contributed by atoms with van der Waals surface area (Å²) in [6.45, 7) is 0. The van der Waals surface area contributed by atoms with Crippen LogP contribution in [0.15, 0.2) is 45.8 Å². The molecule has 0 aliphatic carbocycles. The third-order valence-electron chi connectivity index (χ3n) is 2.39. The van der Waals surface area contributed by atoms with Crippen LogP contribution in [0.25, 0.3) is 0 Å². The Hall–Kier alpha value is -1.64. The Bertz CT molecular complexity index is 765. The van der Waals surface area contributed by atoms with Crippen LogP contribution in [0.4, 0.5) is 10.1 Å². The summed E-state index contributed by atoms with van der Waals surface area (Å²) in [6.07, 6.45) is 0. The maximum Gasteiger partial charge on any atom is 0.241 e. The number of nitrogen functional groups attached to an aromatic ring is 1. The molecule has 2 aromatic rings. The van der Waals surface area contributed by atoms with Crippen LogP contribution in [0, 0.1) is 5.82 Å². The van der Waals surface area contributed by atoms with Crippen molar-refractivity contribution >= 4 is 31.6 Å². The van der Waals surface area contributed by atoms with Gasteiger partial charge in [-0.1, -0.05) is 0 Å². The van der Waals surface area contributed by atoms with Gasteiger partial charge in [0.2, 0.25) is 10.0 Å². The van der Waals surface area contributed by atoms with Crippen LogP contribution in [0.2, 0.25) is 0 Å². The fourth-order valence-electron chi connectivity index (χ4n) is 1.51. The molecule has 0 bridgehead atoms. The topological polar surface area (TPSA) is 95.4 Å². The number of nitrogens with two attached hydrogens (primary N) is 2. The van der Waals surface area contributed by atoms with Crippen molar-refractivity contribution in [2.45, 2.75) is 4.90 Å². The van der Waals surface area contributed by atoms with Gasteiger partial charge >= 0.3 is 0 Å². The van der Waals surface area contributed by atoms with Gasteiger partial charge in [-0.25, -0.2) is 17.9 Å². The number of hydrogen-bond donors (Lipinski definition) is 2. The Balaban J connectivity index is 2.52. The van der Waals surface area contributed by atoms with E-state index < -0.39 is 15.8 Å². The van der Waals surface area contributed by atoms with E-state index in [1.165, 1.54) is 30.3 Å². The van der Waals surface area contributed by atoms with Gasteiger partial charge in [0.05, 0.1) is 4.47 Å². The van der Waals surface area contributed by atoms with E-state index in [2.05, 4.69) is 15.9 Å². The van der Waals surface area contributed by atoms with Gasteiger partial charge in [0, 0.05) is 11.8 Å². The summed E-state index contributed by atoms with van der Waals surface area (Å²) in [4.78, 5) is -0.270. The molecule has 0 aliphatic rings. The van der Waals surface area contributed by atoms with Crippen molar-refractivity contribution in [2.75, 3.05) is 5.73 Å². The first kappa shape index (κ1) is 14.8. The number of halogens is 2. The average molecular weight is 361 g/mol. The molecule has 4 N–H and O–H groups in total. The standard InChI is InChI=1S/C12H10BrFN2O3S/c13-9-3-1-7(14)5-11(9)19-10-4-2-8(15)6-12(10)20(16,17)18/h1-6H,15H2,(H2,16,17,18). The summed E-state index contributed by atoms with van der Waals surface area (Å²) in [7, 11) is -4.01. The molecule has 0 amide bonds. The maximum atomic E-state index is 13.2. The summed E-state index contributed by atoms with van der Waals surface area (Å²) >= 11 is 3.18. The molecule has 0 fully saturated rings. The van der Waals surface area contributed by atoms with E-state index in [0.29, 0.717) is 4.47 Å². The number of rotatable bonds is 3. The van der Waals surface area contributed by atoms with E-state index in [-0.39, 0.29) is 22.1 Å². The van der Waals surface area contributed by atoms with Crippen LogP contribution in [0.5, 0.6) is 11.5 Å². The Kier molecular flexibility index (Phi) is 3.98. The number of anilines is 1. The third kappa shape index (κ3) is 3.27. The molecule has 2 aromatic carbocycles. The maximum absolute atomic E-state index is 13.2. The molecule has 0 heterocycles. The minimum atomic E-state index is -4.01. The normalized spacial score (nSPS) is 11.3. The summed E-state index contributed by atoms with van der Waals surface area (Å²) in [5.41, 5.74) is 5.75. The van der Waals surface area contributed by atoms with Crippen molar-refractivity contribution in [3.8, 4) is 11.5 Å². The fraction of sp³-hybridized carbons (Fsp3) is 0. The lowest BCUT2D eigenvalue weighted by Gasteiger charge is -2.11. The Morgan fingerprint density at radius 3 is 2.45 bits per heavy atom. The van der Waals surface area contributed by atoms with Gasteiger partial charge in [-0.2, -0.15) is 0 Å². The van der Waals surface area contributed by atoms with E-state index in [0.717, 1.165) is 6.07 Å². The van der Waals surface area contributed by atoms with Gasteiger partial charge in [-0.05, 0) is 46.3 Å². The van der Waals surface area contributed by atoms with Crippen molar-refractivity contribution in [1.82, 2.24) is 0 Å². The summed E-state index contributed by atoms with van der Waals surface area (Å²) in [5, 5.41) is 5.10. The molecule has 5 nitrogen and oxygen atoms in total. The quantitative estimate of drug-likeness (QED) is 0.822. The Labute approximate surface area is 123 Å². The van der Waals surface area contributed by atoms with Gasteiger partial charge in [0.15, 0.2) is 0 Å². The van der Waals surface area contributed by atoms with Gasteiger partial charge in [-0.3, -0.25) is 0 Å². The van der Waals surface area contributed by atoms with Crippen LogP contribution in [-0.2, 0) is 10.0 Å². The second-order valence-corrected chi connectivity index (χ2v) is 6.31. The van der Waals surface area contributed by atoms with E-state index in [9.17, 15) is 12.8 Å². The summed E-state index contributed by atoms with van der Waals surface area (Å²) in [6, 6.07) is 7.79. The van der Waals surface area contributed by atoms with E-state index in [4.69, 9.17) is 15.6 Å². The molecule has 8 heteroatoms. The van der Waals surface area contributed by atoms with Gasteiger partial charge in [-0.15, -0.1) is 0 Å². The highest BCUT2D eigenvalue weighted by molar-refractivity contribution is 9.10. The lowest BCUT2D eigenvalue weighted by Crippen LogP contribution is -2.13. The van der Waals surface area contributed by atoms with E-state index in [1.54, 1.807) is 0 Å². The summed E-state index contributed by atoms with van der Waals surface area (Å²) < 4.78 is 42.1. The minimum absolute atomic E-state index is 0.0343. The zero-order chi connectivity index (χ0) is 14.9. The fourth-order valence-corrected chi connectivity index (χ4v) is 2.52. The molecule has 0 saturated heterocycles. The molecule has 0 unspecified atom stereocenters. The van der Waals surface area contributed by atoms with Gasteiger partial charge < -0.3 is 10.5 Å². The molecule has 0 atom stereocenters. The summed E-state index contributed by atoms with van der Waals surface area (Å²) in [5.74, 6) is -0.427. The molecule has 0 aliphatic heterocycles. The lowest BCUT2D eigenvalue weighted by molar-refractivity contribution is 0.460. The molecule has 106 valence electrons. The first-order valence-corrected chi connectivity index (χ1v) is 7.66. The van der Waals surface area contributed by atoms with Crippen molar-refractivity contribution in [1.29, 1.82) is 0 Å². The highest BCUT2D eigenvalue weighted by Crippen LogP contribution is 2.34. The second-order valence-electron chi connectivity index (χ2n) is 3.93. The molecular formula is C12H10BrFN2O3S. The smallest absolute Gasteiger partial charge is 0.241 e. The monoisotopic (exact) mass is 360 g/mol. The molecular weight excluding hydrogens is 351 g/mol. The first-order chi connectivity index (χ1) is 9.27. The number of benzene rings is 2. The van der Waals surface area contributed by atoms with Crippen molar-refractivity contribution < 1.29 is 17.5 Å². The van der Waals surface area contributed by atoms with Crippen LogP contribution >= 0.6 is 15.9 Å². The average Bonchev–Trinajstić information content (AvgIpc) is 2.34. The zero-order valence-corrected chi connectivity index (χ0v) is 12.4. The van der Waals surface area contributed by atoms with Gasteiger partial charge in [0.1, 0.15) is 22.2 Å². The Morgan fingerprint density at radius 2 is 1.80 bits per heavy atom. The first-order valence-electron chi connectivity index (χ1n) is 5.32. The van der Waals surface area contributed by atoms with Crippen LogP contribution in [-0.4, -0.2) is 8.42 Å². The predicted octanol–water partition coefficient (Wildman–Crippen LogP) is 2.61. The third-order valence-corrected chi connectivity index (χ3v) is 3.97. The number of sulfonamides is 1. The molecule has 0 spiro atoms. The van der Waals surface area contributed by atoms with Crippen LogP contribution in [0.3, 0.4) is 0 Å². The number of primary sulfonamides is 1. The highest BCUT2D eigenvalue weighted by atomic mass is 79.9. The molecule has 0 radical (unpaired) electrons. The minimum Gasteiger partial charge on any atom is -0.455 e. The second kappa shape index (κ2) is 5.39. The SMILES string of the molecule is Nc1ccc(Oc2cc(F)ccc2Br)c(S(N)(=O)=O)c1. The van der Waals surface area contributed by atoms with Crippen LogP contribution < -0.4 is 15.6 Å². The number of ether oxygens (including phenoxy) is 1. The van der Waals surface area contributed by atoms with Crippen LogP contribution in [0.1, 0.15) is 0 Å². The number of hydrogen-bond acceptors (Lipinski definition) is 4. The van der Waals surface area contributed by atoms with Crippen molar-refractivity contribution in [3.63, 3.8) is 0 Å². The van der Waals surface area contributed by atoms with Gasteiger partial charge in [0.25, 0.3) is 0 Å².